The van der Waals surface area contributed by atoms with Gasteiger partial charge < -0.3 is 20.1 Å². The maximum Gasteiger partial charge on any atom is 0.307 e. The number of alkyl halides is 3. The first kappa shape index (κ1) is 37.4. The number of esters is 2. The van der Waals surface area contributed by atoms with Crippen molar-refractivity contribution in [1.82, 2.24) is 10.3 Å². The number of halogens is 4. The molecule has 1 amide bonds. The highest BCUT2D eigenvalue weighted by molar-refractivity contribution is 8.93. The number of amides is 1. The van der Waals surface area contributed by atoms with Gasteiger partial charge in [0.05, 0.1) is 31.2 Å². The third-order valence-electron chi connectivity index (χ3n) is 5.83. The summed E-state index contributed by atoms with van der Waals surface area (Å²) in [5, 5.41) is 6.82. The number of ether oxygens (including phenoxy) is 2. The number of para-hydroxylation sites is 1. The van der Waals surface area contributed by atoms with Gasteiger partial charge in [-0.05, 0) is 40.9 Å². The van der Waals surface area contributed by atoms with Crippen molar-refractivity contribution in [3.05, 3.63) is 78.5 Å². The minimum atomic E-state index is -2.03. The number of nitrogens with one attached hydrogen (secondary N) is 2. The Morgan fingerprint density at radius 1 is 1.00 bits per heavy atom. The zero-order valence-electron chi connectivity index (χ0n) is 24.1. The summed E-state index contributed by atoms with van der Waals surface area (Å²) < 4.78 is 8.10. The molecule has 0 saturated carbocycles. The van der Waals surface area contributed by atoms with Crippen LogP contribution in [0.4, 0.5) is 5.69 Å². The van der Waals surface area contributed by atoms with Gasteiger partial charge >= 0.3 is 11.9 Å². The second-order valence-corrected chi connectivity index (χ2v) is 13.3. The number of rotatable bonds is 11. The van der Waals surface area contributed by atoms with Gasteiger partial charge in [-0.25, -0.2) is 4.99 Å². The molecule has 14 heteroatoms. The Bertz CT molecular complexity index is 1480. The smallest absolute Gasteiger partial charge is 0.307 e. The van der Waals surface area contributed by atoms with Gasteiger partial charge in [-0.1, -0.05) is 97.2 Å². The number of hydrogen-bond acceptors (Lipinski definition) is 8. The molecule has 3 aromatic rings. The molecule has 0 aliphatic heterocycles. The fraction of sp³-hybridized carbons (Fsp3) is 0.300. The van der Waals surface area contributed by atoms with E-state index in [1.54, 1.807) is 32.2 Å². The molecule has 0 aliphatic carbocycles. The number of nitrogens with zero attached hydrogens (tertiary/aromatic N) is 2. The lowest BCUT2D eigenvalue weighted by Gasteiger charge is -2.23. The SMILES string of the molecule is Br.COC(=O)CC(C)(C)CC(=O)OCSC(=NC(NC(=O)/C=C/c1ccccc1)C(Cl)(Cl)Cl)Nc1cccc2cccnc12. The number of fused-ring (bicyclic) bond motifs is 1. The molecular weight excluding hydrogens is 715 g/mol. The number of amidine groups is 1. The number of anilines is 1. The molecule has 0 spiro atoms. The summed E-state index contributed by atoms with van der Waals surface area (Å²) in [6, 6.07) is 18.5. The minimum absolute atomic E-state index is 0. The third kappa shape index (κ3) is 12.6. The van der Waals surface area contributed by atoms with Crippen molar-refractivity contribution in [2.24, 2.45) is 10.4 Å². The molecule has 9 nitrogen and oxygen atoms in total. The number of aliphatic imine (C=N–C) groups is 1. The molecule has 44 heavy (non-hydrogen) atoms. The van der Waals surface area contributed by atoms with Crippen molar-refractivity contribution < 1.29 is 23.9 Å². The molecule has 0 saturated heterocycles. The lowest BCUT2D eigenvalue weighted by Crippen LogP contribution is -2.42. The van der Waals surface area contributed by atoms with Crippen molar-refractivity contribution in [2.45, 2.75) is 36.6 Å². The molecule has 2 aromatic carbocycles. The van der Waals surface area contributed by atoms with Crippen molar-refractivity contribution >= 4 is 109 Å². The van der Waals surface area contributed by atoms with Crippen LogP contribution >= 0.6 is 63.5 Å². The van der Waals surface area contributed by atoms with Gasteiger partial charge in [-0.2, -0.15) is 0 Å². The number of methoxy groups -OCH3 is 1. The quantitative estimate of drug-likeness (QED) is 0.0524. The van der Waals surface area contributed by atoms with Crippen molar-refractivity contribution in [3.63, 3.8) is 0 Å². The van der Waals surface area contributed by atoms with Gasteiger partial charge in [0.25, 0.3) is 0 Å². The first-order chi connectivity index (χ1) is 20.4. The first-order valence-electron chi connectivity index (χ1n) is 13.0. The van der Waals surface area contributed by atoms with Gasteiger partial charge in [0, 0.05) is 17.7 Å². The van der Waals surface area contributed by atoms with Gasteiger partial charge in [0.15, 0.2) is 11.3 Å². The summed E-state index contributed by atoms with van der Waals surface area (Å²) in [5.74, 6) is -1.65. The Balaban J connectivity index is 0.00000675. The Labute approximate surface area is 285 Å². The molecule has 1 unspecified atom stereocenters. The predicted molar refractivity (Wildman–Crippen MR) is 184 cm³/mol. The van der Waals surface area contributed by atoms with Gasteiger partial charge in [-0.3, -0.25) is 19.4 Å². The molecule has 236 valence electrons. The molecule has 0 radical (unpaired) electrons. The Morgan fingerprint density at radius 2 is 1.68 bits per heavy atom. The summed E-state index contributed by atoms with van der Waals surface area (Å²) in [6.45, 7) is 3.53. The standard InChI is InChI=1S/C30H31Cl3N4O5S.BrH/c1-29(2,17-24(39)41-3)18-25(40)42-19-43-28(35-22-13-7-11-21-12-8-16-34-26(21)22)37-27(30(31,32)33)36-23(38)15-14-20-9-5-4-6-10-20;/h4-16,27H,17-19H2,1-3H3,(H,35,37)(H,36,38);1H/b15-14+;. The van der Waals surface area contributed by atoms with E-state index < -0.39 is 33.2 Å². The van der Waals surface area contributed by atoms with Crippen LogP contribution in [0.5, 0.6) is 0 Å². The fourth-order valence-corrected chi connectivity index (χ4v) is 4.74. The van der Waals surface area contributed by atoms with Crippen LogP contribution in [0.1, 0.15) is 32.3 Å². The van der Waals surface area contributed by atoms with E-state index >= 15 is 0 Å². The van der Waals surface area contributed by atoms with Crippen LogP contribution in [0.25, 0.3) is 17.0 Å². The van der Waals surface area contributed by atoms with Crippen LogP contribution in [0.3, 0.4) is 0 Å². The maximum atomic E-state index is 12.7. The molecule has 2 N–H and O–H groups in total. The molecule has 1 heterocycles. The van der Waals surface area contributed by atoms with E-state index in [1.807, 2.05) is 54.6 Å². The number of benzene rings is 2. The fourth-order valence-electron chi connectivity index (χ4n) is 3.77. The molecule has 3 rings (SSSR count). The summed E-state index contributed by atoms with van der Waals surface area (Å²) in [5.41, 5.74) is 1.38. The highest BCUT2D eigenvalue weighted by Gasteiger charge is 2.34. The van der Waals surface area contributed by atoms with Crippen molar-refractivity contribution in [1.29, 1.82) is 0 Å². The Morgan fingerprint density at radius 3 is 2.36 bits per heavy atom. The zero-order valence-corrected chi connectivity index (χ0v) is 28.9. The van der Waals surface area contributed by atoms with Crippen LogP contribution < -0.4 is 10.6 Å². The normalized spacial score (nSPS) is 12.7. The summed E-state index contributed by atoms with van der Waals surface area (Å²) in [7, 11) is 1.29. The molecular formula is C30H32BrCl3N4O5S. The number of carbonyl (C=O) groups excluding carboxylic acids is 3. The van der Waals surface area contributed by atoms with E-state index in [9.17, 15) is 14.4 Å². The number of aromatic nitrogens is 1. The molecule has 0 aliphatic rings. The van der Waals surface area contributed by atoms with E-state index in [-0.39, 0.29) is 40.9 Å². The lowest BCUT2D eigenvalue weighted by atomic mass is 9.86. The van der Waals surface area contributed by atoms with Crippen LogP contribution in [0, 0.1) is 5.41 Å². The number of carbonyl (C=O) groups is 3. The molecule has 1 aromatic heterocycles. The monoisotopic (exact) mass is 744 g/mol. The number of hydrogen-bond donors (Lipinski definition) is 2. The summed E-state index contributed by atoms with van der Waals surface area (Å²) >= 11 is 19.7. The van der Waals surface area contributed by atoms with E-state index in [0.29, 0.717) is 11.2 Å². The minimum Gasteiger partial charge on any atom is -0.469 e. The van der Waals surface area contributed by atoms with Crippen molar-refractivity contribution in [3.8, 4) is 0 Å². The number of pyridine rings is 1. The van der Waals surface area contributed by atoms with Crippen molar-refractivity contribution in [2.75, 3.05) is 18.4 Å². The average Bonchev–Trinajstić information content (AvgIpc) is 2.95. The van der Waals surface area contributed by atoms with E-state index in [1.165, 1.54) is 13.2 Å². The van der Waals surface area contributed by atoms with E-state index in [4.69, 9.17) is 44.3 Å². The van der Waals surface area contributed by atoms with E-state index in [0.717, 1.165) is 22.7 Å². The van der Waals surface area contributed by atoms with Gasteiger partial charge in [0.2, 0.25) is 9.70 Å². The number of thioether (sulfide) groups is 1. The zero-order chi connectivity index (χ0) is 31.5. The second-order valence-electron chi connectivity index (χ2n) is 10.0. The van der Waals surface area contributed by atoms with Gasteiger partial charge in [-0.15, -0.1) is 17.0 Å². The second kappa shape index (κ2) is 17.6. The summed E-state index contributed by atoms with van der Waals surface area (Å²) in [4.78, 5) is 45.9. The Kier molecular flexibility index (Phi) is 14.9. The molecule has 1 atom stereocenters. The molecule has 0 bridgehead atoms. The highest BCUT2D eigenvalue weighted by atomic mass is 79.9. The molecule has 0 fully saturated rings. The first-order valence-corrected chi connectivity index (χ1v) is 15.1. The van der Waals surface area contributed by atoms with Crippen LogP contribution in [0.15, 0.2) is 77.9 Å². The topological polar surface area (TPSA) is 119 Å². The largest absolute Gasteiger partial charge is 0.469 e. The Hall–Kier alpha value is -2.83. The van der Waals surface area contributed by atoms with Crippen LogP contribution in [-0.2, 0) is 23.9 Å². The predicted octanol–water partition coefficient (Wildman–Crippen LogP) is 7.32. The highest BCUT2D eigenvalue weighted by Crippen LogP contribution is 2.32. The summed E-state index contributed by atoms with van der Waals surface area (Å²) in [6.07, 6.45) is 3.29. The lowest BCUT2D eigenvalue weighted by molar-refractivity contribution is -0.147. The maximum absolute atomic E-state index is 12.7. The average molecular weight is 747 g/mol. The third-order valence-corrected chi connectivity index (χ3v) is 7.16. The van der Waals surface area contributed by atoms with E-state index in [2.05, 4.69) is 20.6 Å². The van der Waals surface area contributed by atoms with Crippen LogP contribution in [-0.4, -0.2) is 51.0 Å². The van der Waals surface area contributed by atoms with Crippen LogP contribution in [0.2, 0.25) is 0 Å². The van der Waals surface area contributed by atoms with Gasteiger partial charge in [0.1, 0.15) is 5.94 Å².